The second kappa shape index (κ2) is 7.62. The molecule has 0 aliphatic heterocycles. The summed E-state index contributed by atoms with van der Waals surface area (Å²) in [6, 6.07) is 7.55. The third-order valence-corrected chi connectivity index (χ3v) is 4.19. The van der Waals surface area contributed by atoms with Crippen molar-refractivity contribution < 1.29 is 9.32 Å². The highest BCUT2D eigenvalue weighted by Crippen LogP contribution is 2.20. The van der Waals surface area contributed by atoms with E-state index in [1.807, 2.05) is 31.2 Å². The zero-order valence-electron chi connectivity index (χ0n) is 10.7. The Labute approximate surface area is 107 Å². The molecular formula is C14H22O2S. The Hall–Kier alpha value is -0.670. The van der Waals surface area contributed by atoms with Crippen LogP contribution in [0.15, 0.2) is 29.2 Å². The molecule has 1 N–H and O–H groups in total. The van der Waals surface area contributed by atoms with Gasteiger partial charge in [-0.25, -0.2) is 0 Å². The van der Waals surface area contributed by atoms with Crippen LogP contribution in [-0.2, 0) is 10.8 Å². The number of aliphatic hydroxyl groups excluding tert-OH is 1. The SMILES string of the molecule is CCCCS(=O)c1cccc(C(O)CCC)c1. The molecule has 0 saturated carbocycles. The summed E-state index contributed by atoms with van der Waals surface area (Å²) in [4.78, 5) is 0.839. The molecule has 0 aliphatic rings. The standard InChI is InChI=1S/C14H22O2S/c1-3-5-10-17(16)13-9-6-8-12(11-13)14(15)7-4-2/h6,8-9,11,14-15H,3-5,7,10H2,1-2H3. The molecule has 0 heterocycles. The van der Waals surface area contributed by atoms with E-state index in [1.54, 1.807) is 0 Å². The molecule has 0 saturated heterocycles. The van der Waals surface area contributed by atoms with Crippen LogP contribution in [0.1, 0.15) is 51.2 Å². The third-order valence-electron chi connectivity index (χ3n) is 2.75. The van der Waals surface area contributed by atoms with Gasteiger partial charge in [0.15, 0.2) is 0 Å². The van der Waals surface area contributed by atoms with Crippen LogP contribution in [0.5, 0.6) is 0 Å². The Balaban J connectivity index is 2.74. The lowest BCUT2D eigenvalue weighted by atomic mass is 10.1. The third kappa shape index (κ3) is 4.60. The van der Waals surface area contributed by atoms with Gasteiger partial charge in [0, 0.05) is 10.6 Å². The molecule has 0 aliphatic carbocycles. The van der Waals surface area contributed by atoms with Crippen molar-refractivity contribution >= 4 is 10.8 Å². The maximum atomic E-state index is 12.0. The van der Waals surface area contributed by atoms with E-state index < -0.39 is 16.9 Å². The van der Waals surface area contributed by atoms with Crippen LogP contribution < -0.4 is 0 Å². The van der Waals surface area contributed by atoms with E-state index >= 15 is 0 Å². The van der Waals surface area contributed by atoms with Crippen LogP contribution in [0, 0.1) is 0 Å². The second-order valence-corrected chi connectivity index (χ2v) is 5.85. The van der Waals surface area contributed by atoms with Crippen molar-refractivity contribution in [2.45, 2.75) is 50.5 Å². The van der Waals surface area contributed by atoms with Gasteiger partial charge in [0.1, 0.15) is 0 Å². The number of aliphatic hydroxyl groups is 1. The highest BCUT2D eigenvalue weighted by Gasteiger charge is 2.09. The average Bonchev–Trinajstić information content (AvgIpc) is 2.36. The number of unbranched alkanes of at least 4 members (excludes halogenated alkanes) is 1. The van der Waals surface area contributed by atoms with Gasteiger partial charge in [-0.3, -0.25) is 4.21 Å². The molecule has 2 unspecified atom stereocenters. The maximum Gasteiger partial charge on any atom is 0.0790 e. The van der Waals surface area contributed by atoms with Gasteiger partial charge >= 0.3 is 0 Å². The van der Waals surface area contributed by atoms with Gasteiger partial charge in [0.2, 0.25) is 0 Å². The Bertz CT molecular complexity index is 363. The first-order chi connectivity index (χ1) is 8.19. The highest BCUT2D eigenvalue weighted by molar-refractivity contribution is 7.85. The molecular weight excluding hydrogens is 232 g/mol. The minimum Gasteiger partial charge on any atom is -0.388 e. The average molecular weight is 254 g/mol. The topological polar surface area (TPSA) is 37.3 Å². The zero-order valence-corrected chi connectivity index (χ0v) is 11.5. The van der Waals surface area contributed by atoms with Gasteiger partial charge in [-0.05, 0) is 30.5 Å². The van der Waals surface area contributed by atoms with Crippen molar-refractivity contribution in [1.29, 1.82) is 0 Å². The molecule has 1 aromatic carbocycles. The van der Waals surface area contributed by atoms with Crippen LogP contribution in [0.2, 0.25) is 0 Å². The van der Waals surface area contributed by atoms with Crippen LogP contribution in [0.25, 0.3) is 0 Å². The molecule has 17 heavy (non-hydrogen) atoms. The van der Waals surface area contributed by atoms with Gasteiger partial charge in [-0.15, -0.1) is 0 Å². The summed E-state index contributed by atoms with van der Waals surface area (Å²) >= 11 is 0. The molecule has 1 aromatic rings. The lowest BCUT2D eigenvalue weighted by Gasteiger charge is -2.11. The van der Waals surface area contributed by atoms with Crippen molar-refractivity contribution in [3.05, 3.63) is 29.8 Å². The first-order valence-electron chi connectivity index (χ1n) is 6.35. The molecule has 0 bridgehead atoms. The molecule has 0 radical (unpaired) electrons. The minimum atomic E-state index is -0.925. The van der Waals surface area contributed by atoms with E-state index in [2.05, 4.69) is 6.92 Å². The molecule has 0 aromatic heterocycles. The van der Waals surface area contributed by atoms with E-state index in [1.165, 1.54) is 0 Å². The fourth-order valence-corrected chi connectivity index (χ4v) is 2.98. The summed E-state index contributed by atoms with van der Waals surface area (Å²) in [5.41, 5.74) is 0.884. The number of hydrogen-bond donors (Lipinski definition) is 1. The summed E-state index contributed by atoms with van der Waals surface area (Å²) in [6.07, 6.45) is 3.32. The van der Waals surface area contributed by atoms with Crippen molar-refractivity contribution in [3.63, 3.8) is 0 Å². The monoisotopic (exact) mass is 254 g/mol. The van der Waals surface area contributed by atoms with E-state index in [-0.39, 0.29) is 0 Å². The van der Waals surface area contributed by atoms with Gasteiger partial charge in [-0.2, -0.15) is 0 Å². The molecule has 0 fully saturated rings. The predicted molar refractivity (Wildman–Crippen MR) is 72.5 cm³/mol. The molecule has 96 valence electrons. The normalized spacial score (nSPS) is 14.5. The fraction of sp³-hybridized carbons (Fsp3) is 0.571. The minimum absolute atomic E-state index is 0.428. The molecule has 1 rings (SSSR count). The van der Waals surface area contributed by atoms with Gasteiger partial charge in [0.05, 0.1) is 16.9 Å². The Morgan fingerprint density at radius 1 is 1.29 bits per heavy atom. The van der Waals surface area contributed by atoms with Crippen molar-refractivity contribution in [2.24, 2.45) is 0 Å². The molecule has 0 amide bonds. The Kier molecular flexibility index (Phi) is 6.45. The van der Waals surface area contributed by atoms with Crippen LogP contribution in [0.4, 0.5) is 0 Å². The van der Waals surface area contributed by atoms with E-state index in [0.29, 0.717) is 5.75 Å². The van der Waals surface area contributed by atoms with E-state index in [4.69, 9.17) is 0 Å². The summed E-state index contributed by atoms with van der Waals surface area (Å²) < 4.78 is 12.0. The second-order valence-electron chi connectivity index (χ2n) is 4.28. The highest BCUT2D eigenvalue weighted by atomic mass is 32.2. The van der Waals surface area contributed by atoms with Crippen molar-refractivity contribution in [1.82, 2.24) is 0 Å². The number of rotatable bonds is 7. The lowest BCUT2D eigenvalue weighted by Crippen LogP contribution is -2.01. The molecule has 2 atom stereocenters. The van der Waals surface area contributed by atoms with Crippen molar-refractivity contribution in [3.8, 4) is 0 Å². The summed E-state index contributed by atoms with van der Waals surface area (Å²) in [5, 5.41) is 9.90. The fourth-order valence-electron chi connectivity index (χ4n) is 1.70. The van der Waals surface area contributed by atoms with E-state index in [9.17, 15) is 9.32 Å². The summed E-state index contributed by atoms with van der Waals surface area (Å²) in [6.45, 7) is 4.14. The van der Waals surface area contributed by atoms with Crippen molar-refractivity contribution in [2.75, 3.05) is 5.75 Å². The van der Waals surface area contributed by atoms with Gasteiger partial charge in [0.25, 0.3) is 0 Å². The molecule has 0 spiro atoms. The first kappa shape index (κ1) is 14.4. The Morgan fingerprint density at radius 3 is 2.71 bits per heavy atom. The summed E-state index contributed by atoms with van der Waals surface area (Å²) in [7, 11) is -0.925. The number of hydrogen-bond acceptors (Lipinski definition) is 2. The predicted octanol–water partition coefficient (Wildman–Crippen LogP) is 3.43. The van der Waals surface area contributed by atoms with Gasteiger partial charge in [-0.1, -0.05) is 38.8 Å². The van der Waals surface area contributed by atoms with Crippen LogP contribution in [0.3, 0.4) is 0 Å². The molecule has 2 nitrogen and oxygen atoms in total. The maximum absolute atomic E-state index is 12.0. The first-order valence-corrected chi connectivity index (χ1v) is 7.67. The lowest BCUT2D eigenvalue weighted by molar-refractivity contribution is 0.166. The van der Waals surface area contributed by atoms with Gasteiger partial charge < -0.3 is 5.11 Å². The van der Waals surface area contributed by atoms with E-state index in [0.717, 1.165) is 36.1 Å². The quantitative estimate of drug-likeness (QED) is 0.809. The van der Waals surface area contributed by atoms with Crippen LogP contribution in [-0.4, -0.2) is 15.1 Å². The number of benzene rings is 1. The Morgan fingerprint density at radius 2 is 2.06 bits per heavy atom. The zero-order chi connectivity index (χ0) is 12.7. The largest absolute Gasteiger partial charge is 0.388 e. The van der Waals surface area contributed by atoms with Crippen LogP contribution >= 0.6 is 0 Å². The molecule has 3 heteroatoms. The smallest absolute Gasteiger partial charge is 0.0790 e. The summed E-state index contributed by atoms with van der Waals surface area (Å²) in [5.74, 6) is 0.712.